The highest BCUT2D eigenvalue weighted by molar-refractivity contribution is 5.97. The van der Waals surface area contributed by atoms with Crippen LogP contribution in [0.2, 0.25) is 0 Å². The van der Waals surface area contributed by atoms with Gasteiger partial charge in [-0.25, -0.2) is 0 Å². The molecule has 0 aromatic heterocycles. The Morgan fingerprint density at radius 3 is 2.31 bits per heavy atom. The second kappa shape index (κ2) is 10.5. The van der Waals surface area contributed by atoms with Crippen LogP contribution in [0.1, 0.15) is 54.4 Å². The highest BCUT2D eigenvalue weighted by Crippen LogP contribution is 2.29. The molecule has 7 nitrogen and oxygen atoms in total. The number of carbonyl (C=O) groups excluding carboxylic acids is 3. The number of morpholine rings is 1. The maximum Gasteiger partial charge on any atom is 0.251 e. The van der Waals surface area contributed by atoms with E-state index in [2.05, 4.69) is 5.32 Å². The number of nitrogens with one attached hydrogen (secondary N) is 1. The normalized spacial score (nSPS) is 21.4. The molecule has 2 heterocycles. The fourth-order valence-corrected chi connectivity index (χ4v) is 5.26. The molecule has 1 N–H and O–H groups in total. The Balaban J connectivity index is 1.44. The zero-order chi connectivity index (χ0) is 22.5. The molecule has 174 valence electrons. The van der Waals surface area contributed by atoms with E-state index in [1.807, 2.05) is 30.0 Å². The number of piperidine rings is 1. The number of nitrogens with zero attached hydrogens (tertiary/aromatic N) is 2. The first-order valence-corrected chi connectivity index (χ1v) is 12.1. The van der Waals surface area contributed by atoms with Crippen LogP contribution in [0.25, 0.3) is 0 Å². The summed E-state index contributed by atoms with van der Waals surface area (Å²) in [7, 11) is 0. The van der Waals surface area contributed by atoms with Gasteiger partial charge in [-0.1, -0.05) is 30.5 Å². The highest BCUT2D eigenvalue weighted by atomic mass is 16.5. The summed E-state index contributed by atoms with van der Waals surface area (Å²) in [5.41, 5.74) is 1.58. The molecule has 32 heavy (non-hydrogen) atoms. The van der Waals surface area contributed by atoms with Gasteiger partial charge < -0.3 is 19.9 Å². The summed E-state index contributed by atoms with van der Waals surface area (Å²) in [6.45, 7) is 5.42. The summed E-state index contributed by atoms with van der Waals surface area (Å²) < 4.78 is 5.40. The van der Waals surface area contributed by atoms with Gasteiger partial charge in [-0.15, -0.1) is 0 Å². The Labute approximate surface area is 190 Å². The third-order valence-electron chi connectivity index (χ3n) is 7.18. The van der Waals surface area contributed by atoms with E-state index in [-0.39, 0.29) is 29.6 Å². The zero-order valence-electron chi connectivity index (χ0n) is 19.1. The van der Waals surface area contributed by atoms with Gasteiger partial charge in [0.1, 0.15) is 6.04 Å². The third-order valence-corrected chi connectivity index (χ3v) is 7.18. The van der Waals surface area contributed by atoms with Gasteiger partial charge in [0.25, 0.3) is 5.91 Å². The lowest BCUT2D eigenvalue weighted by molar-refractivity contribution is -0.140. The quantitative estimate of drug-likeness (QED) is 0.761. The summed E-state index contributed by atoms with van der Waals surface area (Å²) in [4.78, 5) is 43.0. The molecule has 3 fully saturated rings. The van der Waals surface area contributed by atoms with Crippen LogP contribution in [0.3, 0.4) is 0 Å². The van der Waals surface area contributed by atoms with E-state index < -0.39 is 6.04 Å². The van der Waals surface area contributed by atoms with Gasteiger partial charge in [-0.05, 0) is 50.7 Å². The van der Waals surface area contributed by atoms with E-state index in [0.29, 0.717) is 45.0 Å². The minimum Gasteiger partial charge on any atom is -0.378 e. The van der Waals surface area contributed by atoms with E-state index in [0.717, 1.165) is 44.1 Å². The summed E-state index contributed by atoms with van der Waals surface area (Å²) in [6, 6.07) is 6.85. The van der Waals surface area contributed by atoms with E-state index in [1.165, 1.54) is 0 Å². The fraction of sp³-hybridized carbons (Fsp3) is 0.640. The van der Waals surface area contributed by atoms with Crippen molar-refractivity contribution in [2.24, 2.45) is 11.8 Å². The molecule has 0 radical (unpaired) electrons. The Morgan fingerprint density at radius 2 is 1.66 bits per heavy atom. The molecular formula is C25H35N3O4. The molecule has 0 bridgehead atoms. The summed E-state index contributed by atoms with van der Waals surface area (Å²) in [5, 5.41) is 3.05. The van der Waals surface area contributed by atoms with Crippen LogP contribution >= 0.6 is 0 Å². The number of aryl methyl sites for hydroxylation is 1. The maximum absolute atomic E-state index is 13.4. The van der Waals surface area contributed by atoms with Crippen LogP contribution in [0.15, 0.2) is 24.3 Å². The van der Waals surface area contributed by atoms with E-state index in [4.69, 9.17) is 4.74 Å². The molecule has 1 aromatic rings. The predicted octanol–water partition coefficient (Wildman–Crippen LogP) is 2.38. The fourth-order valence-electron chi connectivity index (χ4n) is 5.26. The molecule has 1 saturated carbocycles. The van der Waals surface area contributed by atoms with E-state index in [9.17, 15) is 14.4 Å². The number of rotatable bonds is 5. The second-order valence-electron chi connectivity index (χ2n) is 9.40. The standard InChI is InChI=1S/C25H35N3O4/c1-18-5-4-8-21(17-18)23(29)26-22(25(31)28-13-15-32-16-14-28)19-9-11-27(12-10-19)24(30)20-6-2-3-7-20/h4-5,8,17,19-20,22H,2-3,6-7,9-16H2,1H3,(H,26,29)/t22-/m1/s1. The van der Waals surface area contributed by atoms with Crippen LogP contribution in [0.5, 0.6) is 0 Å². The molecule has 1 aliphatic carbocycles. The lowest BCUT2D eigenvalue weighted by Gasteiger charge is -2.39. The van der Waals surface area contributed by atoms with Crippen LogP contribution in [0, 0.1) is 18.8 Å². The highest BCUT2D eigenvalue weighted by Gasteiger charge is 2.37. The molecule has 0 unspecified atom stereocenters. The van der Waals surface area contributed by atoms with Gasteiger partial charge in [-0.2, -0.15) is 0 Å². The summed E-state index contributed by atoms with van der Waals surface area (Å²) in [6.07, 6.45) is 5.76. The third kappa shape index (κ3) is 5.31. The lowest BCUT2D eigenvalue weighted by atomic mass is 9.87. The van der Waals surface area contributed by atoms with Crippen molar-refractivity contribution in [3.63, 3.8) is 0 Å². The first-order chi connectivity index (χ1) is 15.5. The number of amides is 3. The van der Waals surface area contributed by atoms with Gasteiger partial charge in [0.15, 0.2) is 0 Å². The number of benzene rings is 1. The first kappa shape index (κ1) is 22.8. The number of ether oxygens (including phenoxy) is 1. The molecule has 2 saturated heterocycles. The summed E-state index contributed by atoms with van der Waals surface area (Å²) in [5.74, 6) is 0.227. The monoisotopic (exact) mass is 441 g/mol. The topological polar surface area (TPSA) is 79.0 Å². The average molecular weight is 442 g/mol. The van der Waals surface area contributed by atoms with Crippen LogP contribution in [-0.4, -0.2) is 73.0 Å². The Hall–Kier alpha value is -2.41. The van der Waals surface area contributed by atoms with Crippen LogP contribution in [-0.2, 0) is 14.3 Å². The number of hydrogen-bond acceptors (Lipinski definition) is 4. The van der Waals surface area contributed by atoms with Crippen molar-refractivity contribution < 1.29 is 19.1 Å². The first-order valence-electron chi connectivity index (χ1n) is 12.1. The molecule has 1 atom stereocenters. The second-order valence-corrected chi connectivity index (χ2v) is 9.40. The smallest absolute Gasteiger partial charge is 0.251 e. The van der Waals surface area contributed by atoms with Crippen LogP contribution < -0.4 is 5.32 Å². The number of carbonyl (C=O) groups is 3. The van der Waals surface area contributed by atoms with Gasteiger partial charge in [0, 0.05) is 37.7 Å². The SMILES string of the molecule is Cc1cccc(C(=O)N[C@@H](C(=O)N2CCOCC2)C2CCN(C(=O)C3CCCC3)CC2)c1. The molecule has 0 spiro atoms. The Morgan fingerprint density at radius 1 is 0.969 bits per heavy atom. The molecule has 3 aliphatic rings. The van der Waals surface area contributed by atoms with Crippen molar-refractivity contribution in [1.82, 2.24) is 15.1 Å². The van der Waals surface area contributed by atoms with Crippen molar-refractivity contribution in [2.45, 2.75) is 51.5 Å². The molecule has 4 rings (SSSR count). The Kier molecular flexibility index (Phi) is 7.45. The van der Waals surface area contributed by atoms with Crippen molar-refractivity contribution >= 4 is 17.7 Å². The predicted molar refractivity (Wildman–Crippen MR) is 121 cm³/mol. The molecule has 2 aliphatic heterocycles. The van der Waals surface area contributed by atoms with Crippen LogP contribution in [0.4, 0.5) is 0 Å². The minimum absolute atomic E-state index is 0.0201. The average Bonchev–Trinajstić information content (AvgIpc) is 3.37. The maximum atomic E-state index is 13.4. The van der Waals surface area contributed by atoms with Crippen molar-refractivity contribution in [3.05, 3.63) is 35.4 Å². The van der Waals surface area contributed by atoms with Gasteiger partial charge in [-0.3, -0.25) is 14.4 Å². The van der Waals surface area contributed by atoms with Gasteiger partial charge in [0.05, 0.1) is 13.2 Å². The van der Waals surface area contributed by atoms with Crippen molar-refractivity contribution in [2.75, 3.05) is 39.4 Å². The van der Waals surface area contributed by atoms with Gasteiger partial charge >= 0.3 is 0 Å². The molecule has 3 amide bonds. The van der Waals surface area contributed by atoms with E-state index >= 15 is 0 Å². The van der Waals surface area contributed by atoms with Gasteiger partial charge in [0.2, 0.25) is 11.8 Å². The zero-order valence-corrected chi connectivity index (χ0v) is 19.1. The van der Waals surface area contributed by atoms with E-state index in [1.54, 1.807) is 11.0 Å². The van der Waals surface area contributed by atoms with Crippen molar-refractivity contribution in [3.8, 4) is 0 Å². The largest absolute Gasteiger partial charge is 0.378 e. The van der Waals surface area contributed by atoms with Crippen molar-refractivity contribution in [1.29, 1.82) is 0 Å². The Bertz CT molecular complexity index is 822. The summed E-state index contributed by atoms with van der Waals surface area (Å²) >= 11 is 0. The molecular weight excluding hydrogens is 406 g/mol. The number of likely N-dealkylation sites (tertiary alicyclic amines) is 1. The lowest BCUT2D eigenvalue weighted by Crippen LogP contribution is -2.56. The molecule has 1 aromatic carbocycles. The minimum atomic E-state index is -0.579. The number of hydrogen-bond donors (Lipinski definition) is 1. The molecule has 7 heteroatoms.